The fourth-order valence-electron chi connectivity index (χ4n) is 3.37. The minimum absolute atomic E-state index is 0.0247. The van der Waals surface area contributed by atoms with Crippen LogP contribution in [0.2, 0.25) is 5.02 Å². The van der Waals surface area contributed by atoms with Gasteiger partial charge in [0.1, 0.15) is 11.6 Å². The van der Waals surface area contributed by atoms with Crippen LogP contribution in [0.5, 0.6) is 0 Å². The maximum Gasteiger partial charge on any atom is 0.251 e. The van der Waals surface area contributed by atoms with Gasteiger partial charge in [0, 0.05) is 36.6 Å². The number of aliphatic hydroxyl groups excluding tert-OH is 1. The van der Waals surface area contributed by atoms with Crippen molar-refractivity contribution in [1.29, 1.82) is 0 Å². The topological polar surface area (TPSA) is 97.9 Å². The predicted molar refractivity (Wildman–Crippen MR) is 120 cm³/mol. The number of hydrogen-bond donors (Lipinski definition) is 2. The highest BCUT2D eigenvalue weighted by atomic mass is 35.5. The summed E-state index contributed by atoms with van der Waals surface area (Å²) in [6, 6.07) is 10.1. The Kier molecular flexibility index (Phi) is 6.29. The van der Waals surface area contributed by atoms with Gasteiger partial charge in [0.15, 0.2) is 0 Å². The third kappa shape index (κ3) is 4.39. The standard InChI is InChI=1S/C22H20ClFN6O2/c1-2-30-20(6-9-26-30)28-22-25-8-5-18(27-22)14-7-10-29(21(32)12-14)19(13-31)15-3-4-16(23)17(24)11-15/h3-12,19,31H,2,13H2,1H3,(H,25,27,28)/t19-/m1/s1. The van der Waals surface area contributed by atoms with Gasteiger partial charge < -0.3 is 15.0 Å². The lowest BCUT2D eigenvalue weighted by Gasteiger charge is -2.18. The van der Waals surface area contributed by atoms with Gasteiger partial charge in [-0.15, -0.1) is 0 Å². The van der Waals surface area contributed by atoms with E-state index in [9.17, 15) is 14.3 Å². The van der Waals surface area contributed by atoms with Crippen molar-refractivity contribution in [3.8, 4) is 11.3 Å². The molecule has 0 amide bonds. The van der Waals surface area contributed by atoms with Crippen LogP contribution < -0.4 is 10.9 Å². The molecular weight excluding hydrogens is 435 g/mol. The maximum atomic E-state index is 13.9. The largest absolute Gasteiger partial charge is 0.394 e. The zero-order valence-electron chi connectivity index (χ0n) is 17.1. The Morgan fingerprint density at radius 1 is 1.19 bits per heavy atom. The van der Waals surface area contributed by atoms with E-state index < -0.39 is 11.9 Å². The van der Waals surface area contributed by atoms with Gasteiger partial charge in [0.05, 0.1) is 29.6 Å². The van der Waals surface area contributed by atoms with E-state index in [1.165, 1.54) is 22.8 Å². The summed E-state index contributed by atoms with van der Waals surface area (Å²) >= 11 is 5.74. The molecule has 0 aliphatic carbocycles. The number of aryl methyl sites for hydroxylation is 1. The first-order valence-electron chi connectivity index (χ1n) is 9.90. The minimum Gasteiger partial charge on any atom is -0.394 e. The molecule has 2 N–H and O–H groups in total. The molecule has 0 saturated carbocycles. The molecule has 0 aliphatic heterocycles. The van der Waals surface area contributed by atoms with Gasteiger partial charge in [0.2, 0.25) is 5.95 Å². The van der Waals surface area contributed by atoms with Crippen LogP contribution in [0.4, 0.5) is 16.2 Å². The second-order valence-electron chi connectivity index (χ2n) is 6.96. The number of anilines is 2. The van der Waals surface area contributed by atoms with E-state index in [1.807, 2.05) is 13.0 Å². The Balaban J connectivity index is 1.63. The van der Waals surface area contributed by atoms with Gasteiger partial charge in [0.25, 0.3) is 5.56 Å². The zero-order chi connectivity index (χ0) is 22.7. The molecule has 10 heteroatoms. The Morgan fingerprint density at radius 3 is 2.75 bits per heavy atom. The van der Waals surface area contributed by atoms with Crippen LogP contribution in [-0.4, -0.2) is 36.0 Å². The second kappa shape index (κ2) is 9.29. The van der Waals surface area contributed by atoms with Crippen molar-refractivity contribution >= 4 is 23.4 Å². The van der Waals surface area contributed by atoms with Crippen LogP contribution in [0.25, 0.3) is 11.3 Å². The molecule has 3 aromatic heterocycles. The number of halogens is 2. The molecule has 4 aromatic rings. The van der Waals surface area contributed by atoms with Crippen LogP contribution in [-0.2, 0) is 6.54 Å². The van der Waals surface area contributed by atoms with E-state index in [1.54, 1.807) is 41.5 Å². The smallest absolute Gasteiger partial charge is 0.251 e. The molecule has 0 spiro atoms. The number of pyridine rings is 1. The summed E-state index contributed by atoms with van der Waals surface area (Å²) < 4.78 is 17.0. The molecule has 0 bridgehead atoms. The lowest BCUT2D eigenvalue weighted by Crippen LogP contribution is -2.27. The van der Waals surface area contributed by atoms with E-state index >= 15 is 0 Å². The quantitative estimate of drug-likeness (QED) is 0.442. The van der Waals surface area contributed by atoms with Crippen molar-refractivity contribution in [2.45, 2.75) is 19.5 Å². The number of hydrogen-bond acceptors (Lipinski definition) is 6. The van der Waals surface area contributed by atoms with Crippen molar-refractivity contribution < 1.29 is 9.50 Å². The van der Waals surface area contributed by atoms with E-state index in [0.29, 0.717) is 29.3 Å². The van der Waals surface area contributed by atoms with Gasteiger partial charge in [-0.25, -0.2) is 19.0 Å². The molecule has 164 valence electrons. The predicted octanol–water partition coefficient (Wildman–Crippen LogP) is 3.64. The van der Waals surface area contributed by atoms with Crippen molar-refractivity contribution in [2.75, 3.05) is 11.9 Å². The fraction of sp³-hybridized carbons (Fsp3) is 0.182. The highest BCUT2D eigenvalue weighted by molar-refractivity contribution is 6.30. The molecule has 0 fully saturated rings. The van der Waals surface area contributed by atoms with Crippen molar-refractivity contribution in [3.05, 3.63) is 87.8 Å². The van der Waals surface area contributed by atoms with Crippen LogP contribution in [0.3, 0.4) is 0 Å². The number of nitrogens with one attached hydrogen (secondary N) is 1. The summed E-state index contributed by atoms with van der Waals surface area (Å²) in [5, 5.41) is 17.1. The summed E-state index contributed by atoms with van der Waals surface area (Å²) in [6.07, 6.45) is 4.82. The molecule has 0 saturated heterocycles. The molecule has 0 unspecified atom stereocenters. The summed E-state index contributed by atoms with van der Waals surface area (Å²) in [5.74, 6) is 0.505. The molecule has 8 nitrogen and oxygen atoms in total. The van der Waals surface area contributed by atoms with Gasteiger partial charge >= 0.3 is 0 Å². The number of nitrogens with zero attached hydrogens (tertiary/aromatic N) is 5. The molecule has 0 radical (unpaired) electrons. The number of aromatic nitrogens is 5. The van der Waals surface area contributed by atoms with Crippen LogP contribution in [0, 0.1) is 5.82 Å². The van der Waals surface area contributed by atoms with E-state index in [0.717, 1.165) is 5.82 Å². The Hall–Kier alpha value is -3.56. The maximum absolute atomic E-state index is 13.9. The average Bonchev–Trinajstić information content (AvgIpc) is 3.25. The number of rotatable bonds is 7. The van der Waals surface area contributed by atoms with Gasteiger partial charge in [-0.05, 0) is 36.8 Å². The Morgan fingerprint density at radius 2 is 2.03 bits per heavy atom. The Bertz CT molecular complexity index is 1310. The van der Waals surface area contributed by atoms with Gasteiger partial charge in [-0.1, -0.05) is 17.7 Å². The number of aliphatic hydroxyl groups is 1. The van der Waals surface area contributed by atoms with E-state index in [2.05, 4.69) is 20.4 Å². The summed E-state index contributed by atoms with van der Waals surface area (Å²) in [4.78, 5) is 21.5. The third-order valence-corrected chi connectivity index (χ3v) is 5.30. The summed E-state index contributed by atoms with van der Waals surface area (Å²) in [6.45, 7) is 2.28. The molecule has 1 aromatic carbocycles. The lowest BCUT2D eigenvalue weighted by molar-refractivity contribution is 0.247. The monoisotopic (exact) mass is 454 g/mol. The highest BCUT2D eigenvalue weighted by Gasteiger charge is 2.16. The van der Waals surface area contributed by atoms with Crippen molar-refractivity contribution in [3.63, 3.8) is 0 Å². The average molecular weight is 455 g/mol. The molecule has 32 heavy (non-hydrogen) atoms. The summed E-state index contributed by atoms with van der Waals surface area (Å²) in [7, 11) is 0. The number of benzene rings is 1. The minimum atomic E-state index is -0.750. The Labute approximate surface area is 188 Å². The van der Waals surface area contributed by atoms with Crippen LogP contribution >= 0.6 is 11.6 Å². The van der Waals surface area contributed by atoms with E-state index in [-0.39, 0.29) is 17.2 Å². The second-order valence-corrected chi connectivity index (χ2v) is 7.36. The molecule has 4 rings (SSSR count). The molecular formula is C22H20ClFN6O2. The highest BCUT2D eigenvalue weighted by Crippen LogP contribution is 2.23. The molecule has 1 atom stereocenters. The van der Waals surface area contributed by atoms with Gasteiger partial charge in [-0.3, -0.25) is 4.79 Å². The first kappa shape index (κ1) is 21.7. The van der Waals surface area contributed by atoms with Crippen LogP contribution in [0.1, 0.15) is 18.5 Å². The van der Waals surface area contributed by atoms with Crippen molar-refractivity contribution in [2.24, 2.45) is 0 Å². The third-order valence-electron chi connectivity index (χ3n) is 4.99. The SMILES string of the molecule is CCn1nccc1Nc1nccc(-c2ccn([C@H](CO)c3ccc(Cl)c(F)c3)c(=O)c2)n1. The van der Waals surface area contributed by atoms with Gasteiger partial charge in [-0.2, -0.15) is 5.10 Å². The first-order valence-corrected chi connectivity index (χ1v) is 10.3. The van der Waals surface area contributed by atoms with Crippen LogP contribution in [0.15, 0.2) is 65.8 Å². The molecule has 0 aliphatic rings. The lowest BCUT2D eigenvalue weighted by atomic mass is 10.1. The van der Waals surface area contributed by atoms with E-state index in [4.69, 9.17) is 11.6 Å². The molecule has 3 heterocycles. The fourth-order valence-corrected chi connectivity index (χ4v) is 3.48. The zero-order valence-corrected chi connectivity index (χ0v) is 17.9. The normalized spacial score (nSPS) is 12.0. The summed E-state index contributed by atoms with van der Waals surface area (Å²) in [5.41, 5.74) is 1.20. The van der Waals surface area contributed by atoms with Crippen molar-refractivity contribution in [1.82, 2.24) is 24.3 Å². The first-order chi connectivity index (χ1) is 15.5.